The molecule has 0 aliphatic heterocycles. The molecule has 9 heteroatoms. The van der Waals surface area contributed by atoms with Gasteiger partial charge in [0.05, 0.1) is 19.3 Å². The van der Waals surface area contributed by atoms with Crippen LogP contribution in [-0.2, 0) is 21.3 Å². The Morgan fingerprint density at radius 1 is 1.48 bits per heavy atom. The summed E-state index contributed by atoms with van der Waals surface area (Å²) < 4.78 is 31.7. The number of aryl methyl sites for hydroxylation is 1. The highest BCUT2D eigenvalue weighted by atomic mass is 32.2. The lowest BCUT2D eigenvalue weighted by molar-refractivity contribution is 0.0602. The number of hydrogen-bond donors (Lipinski definition) is 1. The monoisotopic (exact) mass is 327 g/mol. The number of nitrogens with one attached hydrogen (secondary N) is 1. The summed E-state index contributed by atoms with van der Waals surface area (Å²) in [4.78, 5) is 11.6. The van der Waals surface area contributed by atoms with E-state index in [9.17, 15) is 13.2 Å². The Hall–Kier alpha value is -1.84. The fraction of sp³-hybridized carbons (Fsp3) is 0.250. The number of thiophene rings is 1. The number of aromatic nitrogens is 2. The summed E-state index contributed by atoms with van der Waals surface area (Å²) in [5.74, 6) is -0.673. The zero-order chi connectivity index (χ0) is 15.5. The van der Waals surface area contributed by atoms with Crippen molar-refractivity contribution >= 4 is 27.3 Å². The van der Waals surface area contributed by atoms with Gasteiger partial charge < -0.3 is 4.74 Å². The normalized spacial score (nSPS) is 11.3. The lowest BCUT2D eigenvalue weighted by Crippen LogP contribution is -2.25. The van der Waals surface area contributed by atoms with E-state index in [1.807, 2.05) is 0 Å². The molecule has 0 fully saturated rings. The SMILES string of the molecule is COC(=O)c1scc(C)c1S(=O)(=O)NCc1cccnn1. The van der Waals surface area contributed by atoms with Crippen molar-refractivity contribution in [1.29, 1.82) is 0 Å². The first-order valence-corrected chi connectivity index (χ1v) is 8.24. The van der Waals surface area contributed by atoms with E-state index in [0.717, 1.165) is 11.3 Å². The Bertz CT molecular complexity index is 741. The van der Waals surface area contributed by atoms with Crippen LogP contribution in [0, 0.1) is 6.92 Å². The van der Waals surface area contributed by atoms with E-state index in [2.05, 4.69) is 19.7 Å². The van der Waals surface area contributed by atoms with Crippen LogP contribution in [0.15, 0.2) is 28.6 Å². The third kappa shape index (κ3) is 3.43. The number of rotatable bonds is 5. The van der Waals surface area contributed by atoms with E-state index in [4.69, 9.17) is 0 Å². The summed E-state index contributed by atoms with van der Waals surface area (Å²) >= 11 is 1.04. The van der Waals surface area contributed by atoms with Crippen molar-refractivity contribution in [2.24, 2.45) is 0 Å². The quantitative estimate of drug-likeness (QED) is 0.826. The number of ether oxygens (including phenoxy) is 1. The van der Waals surface area contributed by atoms with Gasteiger partial charge in [0.1, 0.15) is 9.77 Å². The van der Waals surface area contributed by atoms with Gasteiger partial charge in [0, 0.05) is 6.20 Å². The van der Waals surface area contributed by atoms with Crippen LogP contribution in [0.2, 0.25) is 0 Å². The fourth-order valence-corrected chi connectivity index (χ4v) is 4.37. The Kier molecular flexibility index (Phi) is 4.66. The van der Waals surface area contributed by atoms with E-state index in [-0.39, 0.29) is 16.3 Å². The Morgan fingerprint density at radius 2 is 2.24 bits per heavy atom. The molecule has 0 saturated carbocycles. The first-order valence-electron chi connectivity index (χ1n) is 5.88. The van der Waals surface area contributed by atoms with Gasteiger partial charge in [-0.25, -0.2) is 17.9 Å². The molecule has 7 nitrogen and oxygen atoms in total. The van der Waals surface area contributed by atoms with E-state index in [1.165, 1.54) is 13.3 Å². The summed E-state index contributed by atoms with van der Waals surface area (Å²) in [6.45, 7) is 1.62. The molecular formula is C12H13N3O4S2. The first-order chi connectivity index (χ1) is 9.95. The lowest BCUT2D eigenvalue weighted by atomic mass is 10.3. The molecular weight excluding hydrogens is 314 g/mol. The molecule has 112 valence electrons. The molecule has 0 bridgehead atoms. The van der Waals surface area contributed by atoms with Crippen molar-refractivity contribution < 1.29 is 17.9 Å². The van der Waals surface area contributed by atoms with Crippen molar-refractivity contribution in [3.8, 4) is 0 Å². The van der Waals surface area contributed by atoms with Crippen LogP contribution in [0.1, 0.15) is 20.9 Å². The van der Waals surface area contributed by atoms with Crippen molar-refractivity contribution in [1.82, 2.24) is 14.9 Å². The van der Waals surface area contributed by atoms with Gasteiger partial charge in [0.2, 0.25) is 10.0 Å². The maximum absolute atomic E-state index is 12.4. The highest BCUT2D eigenvalue weighted by Crippen LogP contribution is 2.27. The molecule has 1 N–H and O–H groups in total. The molecule has 0 spiro atoms. The van der Waals surface area contributed by atoms with Gasteiger partial charge in [-0.05, 0) is 30.0 Å². The maximum atomic E-state index is 12.4. The van der Waals surface area contributed by atoms with Crippen LogP contribution in [-0.4, -0.2) is 31.7 Å². The second-order valence-corrected chi connectivity index (χ2v) is 6.69. The highest BCUT2D eigenvalue weighted by molar-refractivity contribution is 7.89. The van der Waals surface area contributed by atoms with Crippen molar-refractivity contribution in [2.75, 3.05) is 7.11 Å². The minimum absolute atomic E-state index is 0.00786. The zero-order valence-electron chi connectivity index (χ0n) is 11.4. The molecule has 0 amide bonds. The standard InChI is InChI=1S/C12H13N3O4S2/c1-8-7-20-10(12(16)19-2)11(8)21(17,18)14-6-9-4-3-5-13-15-9/h3-5,7,14H,6H2,1-2H3. The molecule has 2 aromatic rings. The van der Waals surface area contributed by atoms with Gasteiger partial charge in [-0.1, -0.05) is 0 Å². The molecule has 0 aliphatic rings. The number of sulfonamides is 1. The molecule has 0 aliphatic carbocycles. The number of esters is 1. The molecule has 0 radical (unpaired) electrons. The number of carbonyl (C=O) groups is 1. The van der Waals surface area contributed by atoms with Crippen LogP contribution in [0.3, 0.4) is 0 Å². The van der Waals surface area contributed by atoms with Gasteiger partial charge in [0.25, 0.3) is 0 Å². The first kappa shape index (κ1) is 15.5. The third-order valence-electron chi connectivity index (χ3n) is 2.63. The largest absolute Gasteiger partial charge is 0.465 e. The summed E-state index contributed by atoms with van der Waals surface area (Å²) in [5.41, 5.74) is 0.973. The van der Waals surface area contributed by atoms with Crippen molar-refractivity contribution in [2.45, 2.75) is 18.4 Å². The van der Waals surface area contributed by atoms with Crippen molar-refractivity contribution in [3.05, 3.63) is 39.8 Å². The van der Waals surface area contributed by atoms with E-state index in [1.54, 1.807) is 24.4 Å². The van der Waals surface area contributed by atoms with Gasteiger partial charge in [-0.2, -0.15) is 10.2 Å². The molecule has 2 heterocycles. The molecule has 21 heavy (non-hydrogen) atoms. The van der Waals surface area contributed by atoms with Gasteiger partial charge in [0.15, 0.2) is 0 Å². The summed E-state index contributed by atoms with van der Waals surface area (Å²) in [5, 5.41) is 9.06. The van der Waals surface area contributed by atoms with Crippen LogP contribution in [0.5, 0.6) is 0 Å². The summed E-state index contributed by atoms with van der Waals surface area (Å²) in [7, 11) is -2.63. The molecule has 2 aromatic heterocycles. The molecule has 0 saturated heterocycles. The predicted octanol–water partition coefficient (Wildman–Crippen LogP) is 1.11. The van der Waals surface area contributed by atoms with Gasteiger partial charge >= 0.3 is 5.97 Å². The maximum Gasteiger partial charge on any atom is 0.349 e. The van der Waals surface area contributed by atoms with Crippen molar-refractivity contribution in [3.63, 3.8) is 0 Å². The summed E-state index contributed by atoms with van der Waals surface area (Å²) in [6.07, 6.45) is 1.50. The molecule has 0 aromatic carbocycles. The van der Waals surface area contributed by atoms with Gasteiger partial charge in [-0.3, -0.25) is 0 Å². The predicted molar refractivity (Wildman–Crippen MR) is 76.5 cm³/mol. The van der Waals surface area contributed by atoms with E-state index in [0.29, 0.717) is 11.3 Å². The van der Waals surface area contributed by atoms with E-state index >= 15 is 0 Å². The number of methoxy groups -OCH3 is 1. The average molecular weight is 327 g/mol. The number of carbonyl (C=O) groups excluding carboxylic acids is 1. The highest BCUT2D eigenvalue weighted by Gasteiger charge is 2.27. The molecule has 0 atom stereocenters. The number of hydrogen-bond acceptors (Lipinski definition) is 7. The Morgan fingerprint density at radius 3 is 2.86 bits per heavy atom. The topological polar surface area (TPSA) is 98.2 Å². The molecule has 2 rings (SSSR count). The Balaban J connectivity index is 2.28. The second-order valence-electron chi connectivity index (χ2n) is 4.11. The minimum atomic E-state index is -3.84. The second kappa shape index (κ2) is 6.29. The summed E-state index contributed by atoms with van der Waals surface area (Å²) in [6, 6.07) is 3.31. The number of nitrogens with zero attached hydrogens (tertiary/aromatic N) is 2. The van der Waals surface area contributed by atoms with Crippen LogP contribution >= 0.6 is 11.3 Å². The molecule has 0 unspecified atom stereocenters. The fourth-order valence-electron chi connectivity index (χ4n) is 1.67. The van der Waals surface area contributed by atoms with Gasteiger partial charge in [-0.15, -0.1) is 11.3 Å². The lowest BCUT2D eigenvalue weighted by Gasteiger charge is -2.07. The van der Waals surface area contributed by atoms with Crippen LogP contribution < -0.4 is 4.72 Å². The van der Waals surface area contributed by atoms with E-state index < -0.39 is 16.0 Å². The van der Waals surface area contributed by atoms with Crippen LogP contribution in [0.4, 0.5) is 0 Å². The average Bonchev–Trinajstić information content (AvgIpc) is 2.88. The minimum Gasteiger partial charge on any atom is -0.465 e. The van der Waals surface area contributed by atoms with Crippen LogP contribution in [0.25, 0.3) is 0 Å². The zero-order valence-corrected chi connectivity index (χ0v) is 13.0. The smallest absolute Gasteiger partial charge is 0.349 e. The Labute approximate surface area is 126 Å². The third-order valence-corrected chi connectivity index (χ3v) is 5.42.